The van der Waals surface area contributed by atoms with Crippen LogP contribution in [0.4, 0.5) is 13.2 Å². The van der Waals surface area contributed by atoms with Crippen molar-refractivity contribution in [1.29, 1.82) is 0 Å². The summed E-state index contributed by atoms with van der Waals surface area (Å²) in [5.41, 5.74) is -1.13. The molecule has 0 saturated heterocycles. The number of nitrogens with zero attached hydrogens (tertiary/aromatic N) is 1. The third kappa shape index (κ3) is 6.63. The fourth-order valence-electron chi connectivity index (χ4n) is 1.26. The minimum absolute atomic E-state index is 0.212. The normalized spacial score (nSPS) is 17.2. The van der Waals surface area contributed by atoms with Crippen molar-refractivity contribution < 1.29 is 16.2 Å². The molecular weight excluding hydrogens is 314 g/mol. The fraction of sp³-hybridized carbons (Fsp3) is 1.00. The van der Waals surface area contributed by atoms with Crippen molar-refractivity contribution in [3.63, 3.8) is 0 Å². The van der Waals surface area contributed by atoms with Crippen LogP contribution in [0.3, 0.4) is 0 Å². The Labute approximate surface area is 103 Å². The molecule has 0 N–H and O–H groups in total. The molecule has 6 heteroatoms. The first-order chi connectivity index (χ1) is 6.59. The van der Waals surface area contributed by atoms with Crippen LogP contribution in [0.5, 0.6) is 0 Å². The van der Waals surface area contributed by atoms with Gasteiger partial charge in [0.05, 0.1) is 0 Å². The van der Waals surface area contributed by atoms with E-state index < -0.39 is 18.2 Å². The second-order valence-electron chi connectivity index (χ2n) is 4.35. The van der Waals surface area contributed by atoms with Crippen LogP contribution < -0.4 is 0 Å². The number of halogens is 3. The Kier molecular flexibility index (Phi) is 5.92. The summed E-state index contributed by atoms with van der Waals surface area (Å²) in [5.74, 6) is 0. The van der Waals surface area contributed by atoms with E-state index in [-0.39, 0.29) is 12.6 Å². The van der Waals surface area contributed by atoms with E-state index in [2.05, 4.69) is 0 Å². The van der Waals surface area contributed by atoms with Gasteiger partial charge in [-0.1, -0.05) is 0 Å². The van der Waals surface area contributed by atoms with Crippen molar-refractivity contribution >= 4 is 22.9 Å². The number of alkyl halides is 3. The Morgan fingerprint density at radius 3 is 2.07 bits per heavy atom. The molecule has 0 aromatic heterocycles. The number of rotatable bonds is 5. The molecular formula is C9H17F3NOSn. The molecule has 15 heavy (non-hydrogen) atoms. The van der Waals surface area contributed by atoms with E-state index >= 15 is 0 Å². The van der Waals surface area contributed by atoms with E-state index in [1.165, 1.54) is 6.92 Å². The molecule has 0 spiro atoms. The van der Waals surface area contributed by atoms with Gasteiger partial charge < -0.3 is 0 Å². The summed E-state index contributed by atoms with van der Waals surface area (Å²) in [5, 5.41) is 0. The number of hydrogen-bond donors (Lipinski definition) is 0. The summed E-state index contributed by atoms with van der Waals surface area (Å²) in [6.45, 7) is 5.68. The Hall–Kier alpha value is 0.509. The standard InChI is InChI=1S/C9H17F3NO.Sn/c1-7(2)13(4)6-8(3,14)5-9(10,11)12;/h7H,5-6H2,1-4H3;/q-1;+1. The first-order valence-electron chi connectivity index (χ1n) is 4.71. The summed E-state index contributed by atoms with van der Waals surface area (Å²) < 4.78 is 42.0. The molecule has 89 valence electrons. The predicted molar refractivity (Wildman–Crippen MR) is 53.7 cm³/mol. The molecule has 0 saturated carbocycles. The summed E-state index contributed by atoms with van der Waals surface area (Å²) in [6.07, 6.45) is -5.08. The van der Waals surface area contributed by atoms with Crippen LogP contribution in [0.25, 0.3) is 0 Å². The van der Waals surface area contributed by atoms with E-state index in [4.69, 9.17) is 3.07 Å². The van der Waals surface area contributed by atoms with Crippen molar-refractivity contribution in [3.05, 3.63) is 0 Å². The van der Waals surface area contributed by atoms with Gasteiger partial charge >= 0.3 is 103 Å². The third-order valence-electron chi connectivity index (χ3n) is 2.29. The molecule has 0 aliphatic heterocycles. The van der Waals surface area contributed by atoms with Crippen molar-refractivity contribution in [2.45, 2.75) is 45.0 Å². The van der Waals surface area contributed by atoms with Crippen LogP contribution in [0.15, 0.2) is 0 Å². The second-order valence-corrected chi connectivity index (χ2v) is 4.94. The Balaban J connectivity index is 4.44. The molecule has 0 bridgehead atoms. The second kappa shape index (κ2) is 5.72. The van der Waals surface area contributed by atoms with Crippen molar-refractivity contribution in [1.82, 2.24) is 4.90 Å². The molecule has 0 aliphatic rings. The average molecular weight is 331 g/mol. The quantitative estimate of drug-likeness (QED) is 0.716. The first kappa shape index (κ1) is 15.5. The monoisotopic (exact) mass is 332 g/mol. The summed E-state index contributed by atoms with van der Waals surface area (Å²) in [6, 6.07) is 0.212. The van der Waals surface area contributed by atoms with E-state index in [1.807, 2.05) is 18.7 Å². The van der Waals surface area contributed by atoms with Crippen molar-refractivity contribution in [2.24, 2.45) is 0 Å². The predicted octanol–water partition coefficient (Wildman–Crippen LogP) is 2.14. The summed E-state index contributed by atoms with van der Waals surface area (Å²) in [7, 11) is 1.80. The number of hydrogen-bond acceptors (Lipinski definition) is 2. The van der Waals surface area contributed by atoms with Crippen molar-refractivity contribution in [3.8, 4) is 0 Å². The van der Waals surface area contributed by atoms with E-state index in [9.17, 15) is 13.2 Å². The topological polar surface area (TPSA) is 12.5 Å². The van der Waals surface area contributed by atoms with Gasteiger partial charge in [0, 0.05) is 0 Å². The van der Waals surface area contributed by atoms with Crippen LogP contribution in [-0.2, 0) is 3.07 Å². The molecule has 0 amide bonds. The van der Waals surface area contributed by atoms with Crippen molar-refractivity contribution in [2.75, 3.05) is 13.6 Å². The first-order valence-corrected chi connectivity index (χ1v) is 5.88. The summed E-state index contributed by atoms with van der Waals surface area (Å²) in [4.78, 5) is 1.86. The molecule has 2 nitrogen and oxygen atoms in total. The maximum atomic E-state index is 12.3. The Morgan fingerprint density at radius 1 is 1.33 bits per heavy atom. The van der Waals surface area contributed by atoms with Crippen LogP contribution in [0.2, 0.25) is 0 Å². The Bertz CT molecular complexity index is 198. The SMILES string of the molecule is CC(C)N(C)CC(C)(CC(F)(F)F)[O][Sn]. The van der Waals surface area contributed by atoms with Gasteiger partial charge in [-0.2, -0.15) is 0 Å². The number of likely N-dealkylation sites (N-methyl/N-ethyl adjacent to an activating group) is 1. The summed E-state index contributed by atoms with van der Waals surface area (Å²) >= 11 is 0.668. The zero-order valence-corrected chi connectivity index (χ0v) is 12.3. The molecule has 0 aromatic rings. The van der Waals surface area contributed by atoms with E-state index in [0.29, 0.717) is 22.9 Å². The fourth-order valence-corrected chi connectivity index (χ4v) is 1.65. The molecule has 0 rings (SSSR count). The zero-order chi connectivity index (χ0) is 12.3. The zero-order valence-electron chi connectivity index (χ0n) is 9.48. The van der Waals surface area contributed by atoms with Gasteiger partial charge in [0.25, 0.3) is 0 Å². The third-order valence-corrected chi connectivity index (χ3v) is 3.69. The van der Waals surface area contributed by atoms with Gasteiger partial charge in [-0.05, 0) is 0 Å². The van der Waals surface area contributed by atoms with Crippen LogP contribution in [0, 0.1) is 0 Å². The molecule has 0 aliphatic carbocycles. The van der Waals surface area contributed by atoms with Gasteiger partial charge in [-0.15, -0.1) is 0 Å². The molecule has 0 aromatic carbocycles. The van der Waals surface area contributed by atoms with Crippen LogP contribution >= 0.6 is 0 Å². The van der Waals surface area contributed by atoms with Gasteiger partial charge in [-0.3, -0.25) is 0 Å². The average Bonchev–Trinajstić information content (AvgIpc) is 2.00. The molecule has 0 heterocycles. The van der Waals surface area contributed by atoms with Gasteiger partial charge in [0.15, 0.2) is 0 Å². The molecule has 3 radical (unpaired) electrons. The molecule has 0 fully saturated rings. The maximum absolute atomic E-state index is 12.3. The molecule has 1 atom stereocenters. The van der Waals surface area contributed by atoms with Gasteiger partial charge in [-0.25, -0.2) is 0 Å². The molecule has 1 unspecified atom stereocenters. The van der Waals surface area contributed by atoms with Gasteiger partial charge in [0.2, 0.25) is 0 Å². The van der Waals surface area contributed by atoms with E-state index in [0.717, 1.165) is 0 Å². The Morgan fingerprint density at radius 2 is 1.80 bits per heavy atom. The van der Waals surface area contributed by atoms with Crippen LogP contribution in [-0.4, -0.2) is 59.3 Å². The minimum atomic E-state index is -4.18. The van der Waals surface area contributed by atoms with Crippen LogP contribution in [0.1, 0.15) is 27.2 Å². The van der Waals surface area contributed by atoms with Gasteiger partial charge in [0.1, 0.15) is 0 Å². The van der Waals surface area contributed by atoms with E-state index in [1.54, 1.807) is 7.05 Å².